The lowest BCUT2D eigenvalue weighted by atomic mass is 9.81. The molecule has 0 aromatic heterocycles. The summed E-state index contributed by atoms with van der Waals surface area (Å²) < 4.78 is 10.5. The zero-order chi connectivity index (χ0) is 13.1. The van der Waals surface area contributed by atoms with Gasteiger partial charge in [-0.25, -0.2) is 0 Å². The number of ether oxygens (including phenoxy) is 2. The van der Waals surface area contributed by atoms with Gasteiger partial charge in [0.2, 0.25) is 0 Å². The van der Waals surface area contributed by atoms with Crippen molar-refractivity contribution in [2.75, 3.05) is 20.8 Å². The fourth-order valence-electron chi connectivity index (χ4n) is 1.60. The molecule has 1 atom stereocenters. The number of nitrogens with two attached hydrogens (primary N) is 1. The van der Waals surface area contributed by atoms with Crippen LogP contribution >= 0.6 is 0 Å². The van der Waals surface area contributed by atoms with Gasteiger partial charge in [0.25, 0.3) is 0 Å². The Kier molecular flexibility index (Phi) is 4.37. The molecule has 0 spiro atoms. The first kappa shape index (κ1) is 13.8. The van der Waals surface area contributed by atoms with Crippen molar-refractivity contribution in [1.82, 2.24) is 0 Å². The first-order chi connectivity index (χ1) is 7.96. The highest BCUT2D eigenvalue weighted by Crippen LogP contribution is 2.37. The molecular weight excluding hydrogens is 218 g/mol. The highest BCUT2D eigenvalue weighted by Gasteiger charge is 2.29. The van der Waals surface area contributed by atoms with Crippen molar-refractivity contribution in [3.05, 3.63) is 23.8 Å². The van der Waals surface area contributed by atoms with Crippen LogP contribution in [0, 0.1) is 5.41 Å². The van der Waals surface area contributed by atoms with E-state index in [0.29, 0.717) is 5.75 Å². The second kappa shape index (κ2) is 5.38. The molecule has 0 saturated heterocycles. The summed E-state index contributed by atoms with van der Waals surface area (Å²) in [5, 5.41) is 9.36. The molecule has 0 radical (unpaired) electrons. The van der Waals surface area contributed by atoms with Crippen molar-refractivity contribution < 1.29 is 14.6 Å². The molecule has 0 amide bonds. The smallest absolute Gasteiger partial charge is 0.123 e. The minimum absolute atomic E-state index is 0.00846. The zero-order valence-electron chi connectivity index (χ0n) is 10.9. The topological polar surface area (TPSA) is 64.7 Å². The van der Waals surface area contributed by atoms with E-state index < -0.39 is 5.41 Å². The molecular formula is C13H21NO3. The van der Waals surface area contributed by atoms with Crippen LogP contribution in [0.15, 0.2) is 18.2 Å². The van der Waals surface area contributed by atoms with Gasteiger partial charge in [-0.05, 0) is 18.2 Å². The van der Waals surface area contributed by atoms with Gasteiger partial charge < -0.3 is 20.3 Å². The maximum absolute atomic E-state index is 9.36. The quantitative estimate of drug-likeness (QED) is 0.821. The monoisotopic (exact) mass is 239 g/mol. The van der Waals surface area contributed by atoms with Crippen molar-refractivity contribution in [3.63, 3.8) is 0 Å². The van der Waals surface area contributed by atoms with Crippen molar-refractivity contribution >= 4 is 0 Å². The van der Waals surface area contributed by atoms with Gasteiger partial charge >= 0.3 is 0 Å². The molecule has 0 bridgehead atoms. The average molecular weight is 239 g/mol. The standard InChI is InChI=1S/C13H21NO3/c1-13(2,8-15)12(14)10-7-9(16-3)5-6-11(10)17-4/h5-7,12,15H,8,14H2,1-4H3/t12-/m0/s1. The van der Waals surface area contributed by atoms with Crippen molar-refractivity contribution in [1.29, 1.82) is 0 Å². The minimum Gasteiger partial charge on any atom is -0.497 e. The third kappa shape index (κ3) is 2.90. The molecule has 0 unspecified atom stereocenters. The molecule has 4 heteroatoms. The lowest BCUT2D eigenvalue weighted by Crippen LogP contribution is -2.32. The number of benzene rings is 1. The van der Waals surface area contributed by atoms with E-state index in [2.05, 4.69) is 0 Å². The second-order valence-corrected chi connectivity index (χ2v) is 4.73. The highest BCUT2D eigenvalue weighted by molar-refractivity contribution is 5.42. The summed E-state index contributed by atoms with van der Waals surface area (Å²) in [5.74, 6) is 1.44. The Hall–Kier alpha value is -1.26. The van der Waals surface area contributed by atoms with E-state index in [-0.39, 0.29) is 12.6 Å². The van der Waals surface area contributed by atoms with E-state index in [4.69, 9.17) is 15.2 Å². The fourth-order valence-corrected chi connectivity index (χ4v) is 1.60. The van der Waals surface area contributed by atoms with Crippen LogP contribution in [-0.2, 0) is 0 Å². The fraction of sp³-hybridized carbons (Fsp3) is 0.538. The molecule has 0 aliphatic rings. The Labute approximate surface area is 102 Å². The normalized spacial score (nSPS) is 13.3. The van der Waals surface area contributed by atoms with E-state index in [0.717, 1.165) is 11.3 Å². The lowest BCUT2D eigenvalue weighted by molar-refractivity contribution is 0.131. The summed E-state index contributed by atoms with van der Waals surface area (Å²) >= 11 is 0. The van der Waals surface area contributed by atoms with Crippen LogP contribution in [-0.4, -0.2) is 25.9 Å². The average Bonchev–Trinajstić information content (AvgIpc) is 2.36. The number of hydrogen-bond acceptors (Lipinski definition) is 4. The Morgan fingerprint density at radius 2 is 1.94 bits per heavy atom. The Balaban J connectivity index is 3.18. The van der Waals surface area contributed by atoms with Crippen molar-refractivity contribution in [2.45, 2.75) is 19.9 Å². The van der Waals surface area contributed by atoms with E-state index in [1.807, 2.05) is 32.0 Å². The molecule has 0 saturated carbocycles. The van der Waals surface area contributed by atoms with E-state index >= 15 is 0 Å². The van der Waals surface area contributed by atoms with E-state index in [1.54, 1.807) is 14.2 Å². The number of aliphatic hydroxyl groups excluding tert-OH is 1. The van der Waals surface area contributed by atoms with Gasteiger partial charge in [-0.2, -0.15) is 0 Å². The molecule has 0 fully saturated rings. The van der Waals surface area contributed by atoms with Crippen LogP contribution in [0.2, 0.25) is 0 Å². The molecule has 96 valence electrons. The number of aliphatic hydroxyl groups is 1. The van der Waals surface area contributed by atoms with Gasteiger partial charge in [-0.1, -0.05) is 13.8 Å². The molecule has 1 rings (SSSR count). The molecule has 0 heterocycles. The summed E-state index contributed by atoms with van der Waals surface area (Å²) in [4.78, 5) is 0. The van der Waals surface area contributed by atoms with Gasteiger partial charge in [0.15, 0.2) is 0 Å². The first-order valence-corrected chi connectivity index (χ1v) is 5.54. The predicted octanol–water partition coefficient (Wildman–Crippen LogP) is 1.72. The predicted molar refractivity (Wildman–Crippen MR) is 67.3 cm³/mol. The molecule has 4 nitrogen and oxygen atoms in total. The summed E-state index contributed by atoms with van der Waals surface area (Å²) in [7, 11) is 3.21. The number of hydrogen-bond donors (Lipinski definition) is 2. The Bertz CT molecular complexity index is 377. The van der Waals surface area contributed by atoms with Gasteiger partial charge in [-0.15, -0.1) is 0 Å². The summed E-state index contributed by atoms with van der Waals surface area (Å²) in [5.41, 5.74) is 6.61. The summed E-state index contributed by atoms with van der Waals surface area (Å²) in [6, 6.07) is 5.17. The SMILES string of the molecule is COc1ccc(OC)c([C@H](N)C(C)(C)CO)c1. The van der Waals surface area contributed by atoms with E-state index in [9.17, 15) is 5.11 Å². The van der Waals surface area contributed by atoms with Gasteiger partial charge in [0.1, 0.15) is 11.5 Å². The van der Waals surface area contributed by atoms with Crippen molar-refractivity contribution in [3.8, 4) is 11.5 Å². The third-order valence-electron chi connectivity index (χ3n) is 3.02. The summed E-state index contributed by atoms with van der Waals surface area (Å²) in [6.07, 6.45) is 0. The molecule has 0 aliphatic carbocycles. The lowest BCUT2D eigenvalue weighted by Gasteiger charge is -2.30. The van der Waals surface area contributed by atoms with Gasteiger partial charge in [-0.3, -0.25) is 0 Å². The van der Waals surface area contributed by atoms with Crippen molar-refractivity contribution in [2.24, 2.45) is 11.1 Å². The summed E-state index contributed by atoms with van der Waals surface area (Å²) in [6.45, 7) is 3.84. The molecule has 17 heavy (non-hydrogen) atoms. The minimum atomic E-state index is -0.417. The second-order valence-electron chi connectivity index (χ2n) is 4.73. The van der Waals surface area contributed by atoms with E-state index in [1.165, 1.54) is 0 Å². The van der Waals surface area contributed by atoms with Gasteiger partial charge in [0, 0.05) is 23.6 Å². The van der Waals surface area contributed by atoms with Crippen LogP contribution < -0.4 is 15.2 Å². The number of methoxy groups -OCH3 is 2. The maximum atomic E-state index is 9.36. The molecule has 0 aliphatic heterocycles. The number of rotatable bonds is 5. The first-order valence-electron chi connectivity index (χ1n) is 5.54. The van der Waals surface area contributed by atoms with Crippen LogP contribution in [0.1, 0.15) is 25.5 Å². The Morgan fingerprint density at radius 1 is 1.29 bits per heavy atom. The molecule has 1 aromatic carbocycles. The van der Waals surface area contributed by atoms with Crippen LogP contribution in [0.25, 0.3) is 0 Å². The highest BCUT2D eigenvalue weighted by atomic mass is 16.5. The van der Waals surface area contributed by atoms with Crippen LogP contribution in [0.3, 0.4) is 0 Å². The molecule has 3 N–H and O–H groups in total. The van der Waals surface area contributed by atoms with Crippen LogP contribution in [0.5, 0.6) is 11.5 Å². The Morgan fingerprint density at radius 3 is 2.41 bits per heavy atom. The molecule has 1 aromatic rings. The van der Waals surface area contributed by atoms with Crippen LogP contribution in [0.4, 0.5) is 0 Å². The largest absolute Gasteiger partial charge is 0.497 e. The third-order valence-corrected chi connectivity index (χ3v) is 3.02. The van der Waals surface area contributed by atoms with Gasteiger partial charge in [0.05, 0.1) is 14.2 Å². The zero-order valence-corrected chi connectivity index (χ0v) is 10.9. The maximum Gasteiger partial charge on any atom is 0.123 e.